The van der Waals surface area contributed by atoms with Crippen molar-refractivity contribution in [3.05, 3.63) is 60.2 Å². The molecule has 3 rings (SSSR count). The number of rotatable bonds is 5. The number of aromatic hydroxyl groups is 1. The molecule has 1 fully saturated rings. The van der Waals surface area contributed by atoms with Crippen molar-refractivity contribution in [2.75, 3.05) is 6.54 Å². The molecule has 23 heavy (non-hydrogen) atoms. The highest BCUT2D eigenvalue weighted by Gasteiger charge is 2.51. The SMILES string of the molecule is O=C(O)CN1C(=O)[C@H](Oc2ccccc2)[C@H]1c1ccccc1O. The maximum Gasteiger partial charge on any atom is 0.323 e. The molecule has 0 aromatic heterocycles. The summed E-state index contributed by atoms with van der Waals surface area (Å²) in [4.78, 5) is 24.4. The molecule has 2 aromatic carbocycles. The zero-order valence-electron chi connectivity index (χ0n) is 12.1. The van der Waals surface area contributed by atoms with Crippen molar-refractivity contribution in [2.45, 2.75) is 12.1 Å². The number of benzene rings is 2. The van der Waals surface area contributed by atoms with Crippen LogP contribution in [0.4, 0.5) is 0 Å². The van der Waals surface area contributed by atoms with E-state index in [0.717, 1.165) is 0 Å². The van der Waals surface area contributed by atoms with E-state index in [9.17, 15) is 14.7 Å². The molecule has 1 amide bonds. The minimum atomic E-state index is -1.11. The number of nitrogens with zero attached hydrogens (tertiary/aromatic N) is 1. The number of amides is 1. The number of para-hydroxylation sites is 2. The Morgan fingerprint density at radius 2 is 1.74 bits per heavy atom. The third kappa shape index (κ3) is 2.83. The first-order valence-corrected chi connectivity index (χ1v) is 7.10. The molecule has 0 unspecified atom stereocenters. The van der Waals surface area contributed by atoms with Gasteiger partial charge in [0.25, 0.3) is 5.91 Å². The number of phenols is 1. The largest absolute Gasteiger partial charge is 0.508 e. The first-order chi connectivity index (χ1) is 11.1. The molecule has 0 saturated carbocycles. The molecule has 2 aromatic rings. The van der Waals surface area contributed by atoms with Crippen LogP contribution in [0, 0.1) is 0 Å². The van der Waals surface area contributed by atoms with Crippen molar-refractivity contribution in [3.63, 3.8) is 0 Å². The summed E-state index contributed by atoms with van der Waals surface area (Å²) in [5, 5.41) is 19.0. The lowest BCUT2D eigenvalue weighted by atomic mass is 9.90. The molecule has 1 aliphatic rings. The second-order valence-corrected chi connectivity index (χ2v) is 5.22. The number of carboxylic acid groups (broad SMARTS) is 1. The number of phenolic OH excluding ortho intramolecular Hbond substituents is 1. The Labute approximate surface area is 132 Å². The van der Waals surface area contributed by atoms with E-state index >= 15 is 0 Å². The van der Waals surface area contributed by atoms with E-state index in [1.54, 1.807) is 42.5 Å². The zero-order valence-corrected chi connectivity index (χ0v) is 12.1. The molecule has 0 radical (unpaired) electrons. The molecule has 118 valence electrons. The molecule has 0 aliphatic carbocycles. The Morgan fingerprint density at radius 1 is 1.09 bits per heavy atom. The van der Waals surface area contributed by atoms with Crippen LogP contribution in [0.2, 0.25) is 0 Å². The highest BCUT2D eigenvalue weighted by atomic mass is 16.5. The number of β-lactam (4-membered cyclic amide) rings is 1. The molecule has 1 aliphatic heterocycles. The van der Waals surface area contributed by atoms with Crippen LogP contribution in [0.25, 0.3) is 0 Å². The van der Waals surface area contributed by atoms with Crippen molar-refractivity contribution >= 4 is 11.9 Å². The maximum atomic E-state index is 12.3. The number of likely N-dealkylation sites (tertiary alicyclic amines) is 1. The zero-order chi connectivity index (χ0) is 16.4. The molecule has 1 saturated heterocycles. The van der Waals surface area contributed by atoms with Gasteiger partial charge in [-0.2, -0.15) is 0 Å². The second kappa shape index (κ2) is 6.00. The summed E-state index contributed by atoms with van der Waals surface area (Å²) in [7, 11) is 0. The molecule has 6 nitrogen and oxygen atoms in total. The van der Waals surface area contributed by atoms with Crippen molar-refractivity contribution in [3.8, 4) is 11.5 Å². The lowest BCUT2D eigenvalue weighted by Crippen LogP contribution is -2.62. The summed E-state index contributed by atoms with van der Waals surface area (Å²) >= 11 is 0. The van der Waals surface area contributed by atoms with Crippen LogP contribution in [0.3, 0.4) is 0 Å². The molecule has 2 atom stereocenters. The Bertz CT molecular complexity index is 731. The molecular formula is C17H15NO5. The van der Waals surface area contributed by atoms with Gasteiger partial charge < -0.3 is 19.8 Å². The van der Waals surface area contributed by atoms with E-state index < -0.39 is 30.6 Å². The Hall–Kier alpha value is -3.02. The van der Waals surface area contributed by atoms with Gasteiger partial charge in [0.1, 0.15) is 24.1 Å². The molecule has 0 bridgehead atoms. The first-order valence-electron chi connectivity index (χ1n) is 7.10. The summed E-state index contributed by atoms with van der Waals surface area (Å²) in [6.07, 6.45) is -0.856. The summed E-state index contributed by atoms with van der Waals surface area (Å²) in [6.45, 7) is -0.438. The van der Waals surface area contributed by atoms with Gasteiger partial charge in [0.15, 0.2) is 0 Å². The predicted molar refractivity (Wildman–Crippen MR) is 81.1 cm³/mol. The molecule has 1 heterocycles. The highest BCUT2D eigenvalue weighted by Crippen LogP contribution is 2.40. The van der Waals surface area contributed by atoms with Gasteiger partial charge in [0.2, 0.25) is 6.10 Å². The topological polar surface area (TPSA) is 87.1 Å². The van der Waals surface area contributed by atoms with Gasteiger partial charge in [-0.25, -0.2) is 0 Å². The highest BCUT2D eigenvalue weighted by molar-refractivity contribution is 5.92. The van der Waals surface area contributed by atoms with Crippen LogP contribution in [-0.4, -0.2) is 39.6 Å². The molecule has 6 heteroatoms. The molecule has 2 N–H and O–H groups in total. The maximum absolute atomic E-state index is 12.3. The number of carbonyl (C=O) groups excluding carboxylic acids is 1. The van der Waals surface area contributed by atoms with Gasteiger partial charge in [-0.15, -0.1) is 0 Å². The molecular weight excluding hydrogens is 298 g/mol. The summed E-state index contributed by atoms with van der Waals surface area (Å²) in [5.41, 5.74) is 0.467. The number of carbonyl (C=O) groups is 2. The lowest BCUT2D eigenvalue weighted by molar-refractivity contribution is -0.169. The fourth-order valence-electron chi connectivity index (χ4n) is 2.67. The first kappa shape index (κ1) is 14.9. The van der Waals surface area contributed by atoms with Gasteiger partial charge in [0.05, 0.1) is 0 Å². The van der Waals surface area contributed by atoms with Gasteiger partial charge in [-0.1, -0.05) is 36.4 Å². The van der Waals surface area contributed by atoms with Crippen molar-refractivity contribution in [1.82, 2.24) is 4.90 Å². The van der Waals surface area contributed by atoms with Crippen LogP contribution in [0.5, 0.6) is 11.5 Å². The van der Waals surface area contributed by atoms with E-state index in [4.69, 9.17) is 9.84 Å². The van der Waals surface area contributed by atoms with E-state index in [1.165, 1.54) is 11.0 Å². The van der Waals surface area contributed by atoms with Gasteiger partial charge in [0, 0.05) is 5.56 Å². The number of hydrogen-bond donors (Lipinski definition) is 2. The third-order valence-electron chi connectivity index (χ3n) is 3.72. The third-order valence-corrected chi connectivity index (χ3v) is 3.72. The summed E-state index contributed by atoms with van der Waals surface area (Å²) < 4.78 is 5.70. The minimum absolute atomic E-state index is 0.00190. The van der Waals surface area contributed by atoms with E-state index in [2.05, 4.69) is 0 Å². The number of carboxylic acids is 1. The fourth-order valence-corrected chi connectivity index (χ4v) is 2.67. The monoisotopic (exact) mass is 313 g/mol. The van der Waals surface area contributed by atoms with Gasteiger partial charge >= 0.3 is 5.97 Å². The van der Waals surface area contributed by atoms with E-state index in [-0.39, 0.29) is 5.75 Å². The van der Waals surface area contributed by atoms with Crippen molar-refractivity contribution in [2.24, 2.45) is 0 Å². The average molecular weight is 313 g/mol. The van der Waals surface area contributed by atoms with Crippen molar-refractivity contribution in [1.29, 1.82) is 0 Å². The Kier molecular flexibility index (Phi) is 3.89. The smallest absolute Gasteiger partial charge is 0.323 e. The minimum Gasteiger partial charge on any atom is -0.508 e. The standard InChI is InChI=1S/C17H15NO5/c19-13-9-5-4-8-12(13)15-16(17(22)18(15)10-14(20)21)23-11-6-2-1-3-7-11/h1-9,15-16,19H,10H2,(H,20,21)/t15-,16-/m1/s1. The Balaban J connectivity index is 1.90. The number of aliphatic carboxylic acids is 1. The fraction of sp³-hybridized carbons (Fsp3) is 0.176. The van der Waals surface area contributed by atoms with Crippen LogP contribution >= 0.6 is 0 Å². The van der Waals surface area contributed by atoms with Crippen LogP contribution in [0.15, 0.2) is 54.6 Å². The normalized spacial score (nSPS) is 20.0. The van der Waals surface area contributed by atoms with Crippen molar-refractivity contribution < 1.29 is 24.5 Å². The Morgan fingerprint density at radius 3 is 2.39 bits per heavy atom. The van der Waals surface area contributed by atoms with Gasteiger partial charge in [-0.3, -0.25) is 9.59 Å². The van der Waals surface area contributed by atoms with Crippen LogP contribution in [-0.2, 0) is 9.59 Å². The van der Waals surface area contributed by atoms with Crippen LogP contribution in [0.1, 0.15) is 11.6 Å². The average Bonchev–Trinajstić information content (AvgIpc) is 2.55. The lowest BCUT2D eigenvalue weighted by Gasteiger charge is -2.46. The number of hydrogen-bond acceptors (Lipinski definition) is 4. The summed E-state index contributed by atoms with van der Waals surface area (Å²) in [5.74, 6) is -1.01. The quantitative estimate of drug-likeness (QED) is 0.822. The van der Waals surface area contributed by atoms with Gasteiger partial charge in [-0.05, 0) is 18.2 Å². The predicted octanol–water partition coefficient (Wildman–Crippen LogP) is 1.81. The van der Waals surface area contributed by atoms with E-state index in [1.807, 2.05) is 6.07 Å². The molecule has 0 spiro atoms. The summed E-state index contributed by atoms with van der Waals surface area (Å²) in [6, 6.07) is 14.7. The van der Waals surface area contributed by atoms with E-state index in [0.29, 0.717) is 11.3 Å². The number of ether oxygens (including phenoxy) is 1. The second-order valence-electron chi connectivity index (χ2n) is 5.22. The van der Waals surface area contributed by atoms with Crippen LogP contribution < -0.4 is 4.74 Å².